The fourth-order valence-electron chi connectivity index (χ4n) is 1.74. The van der Waals surface area contributed by atoms with Crippen LogP contribution in [-0.4, -0.2) is 47.2 Å². The van der Waals surface area contributed by atoms with Gasteiger partial charge in [-0.3, -0.25) is 9.59 Å². The van der Waals surface area contributed by atoms with Crippen molar-refractivity contribution in [2.24, 2.45) is 0 Å². The zero-order valence-electron chi connectivity index (χ0n) is 13.4. The number of thioether (sulfide) groups is 1. The molecule has 0 atom stereocenters. The highest BCUT2D eigenvalue weighted by atomic mass is 32.2. The van der Waals surface area contributed by atoms with E-state index in [1.807, 2.05) is 12.1 Å². The number of hydrogen-bond acceptors (Lipinski definition) is 8. The van der Waals surface area contributed by atoms with Crippen molar-refractivity contribution in [2.75, 3.05) is 25.4 Å². The Bertz CT molecular complexity index is 615. The standard InChI is InChI=1S/C15H18N4O3S2/c1-2-22-14(21)9-12-10-23-15(18-12)24-11-13(20)19(7-3-5-16)8-4-6-17/h10H,2-4,7-9,11H2,1H3. The highest BCUT2D eigenvalue weighted by molar-refractivity contribution is 8.01. The molecule has 0 saturated heterocycles. The van der Waals surface area contributed by atoms with Gasteiger partial charge in [0.15, 0.2) is 4.34 Å². The van der Waals surface area contributed by atoms with E-state index in [0.29, 0.717) is 29.7 Å². The maximum atomic E-state index is 12.2. The molecular weight excluding hydrogens is 348 g/mol. The number of thiazole rings is 1. The lowest BCUT2D eigenvalue weighted by atomic mass is 10.3. The number of hydrogen-bond donors (Lipinski definition) is 0. The minimum atomic E-state index is -0.324. The lowest BCUT2D eigenvalue weighted by molar-refractivity contribution is -0.142. The van der Waals surface area contributed by atoms with Crippen molar-refractivity contribution in [1.29, 1.82) is 10.5 Å². The Balaban J connectivity index is 2.50. The first-order valence-corrected chi connectivity index (χ1v) is 9.21. The second-order valence-corrected chi connectivity index (χ2v) is 6.65. The third kappa shape index (κ3) is 7.44. The summed E-state index contributed by atoms with van der Waals surface area (Å²) in [5.41, 5.74) is 0.624. The maximum Gasteiger partial charge on any atom is 0.311 e. The number of esters is 1. The number of carbonyl (C=O) groups is 2. The van der Waals surface area contributed by atoms with Crippen LogP contribution < -0.4 is 0 Å². The third-order valence-corrected chi connectivity index (χ3v) is 4.87. The van der Waals surface area contributed by atoms with Gasteiger partial charge in [-0.1, -0.05) is 11.8 Å². The van der Waals surface area contributed by atoms with Crippen LogP contribution in [0.15, 0.2) is 9.72 Å². The molecule has 7 nitrogen and oxygen atoms in total. The molecule has 1 aromatic rings. The normalized spacial score (nSPS) is 9.79. The molecule has 24 heavy (non-hydrogen) atoms. The fourth-order valence-corrected chi connectivity index (χ4v) is 3.49. The molecule has 0 fully saturated rings. The molecule has 1 heterocycles. The molecule has 0 aromatic carbocycles. The Hall–Kier alpha value is -2.10. The van der Waals surface area contributed by atoms with E-state index >= 15 is 0 Å². The number of amides is 1. The summed E-state index contributed by atoms with van der Waals surface area (Å²) in [6, 6.07) is 3.99. The lowest BCUT2D eigenvalue weighted by Gasteiger charge is -2.19. The molecule has 0 spiro atoms. The zero-order valence-corrected chi connectivity index (χ0v) is 15.0. The van der Waals surface area contributed by atoms with Crippen molar-refractivity contribution < 1.29 is 14.3 Å². The Morgan fingerprint density at radius 1 is 1.33 bits per heavy atom. The van der Waals surface area contributed by atoms with Gasteiger partial charge >= 0.3 is 5.97 Å². The minimum Gasteiger partial charge on any atom is -0.466 e. The van der Waals surface area contributed by atoms with Crippen molar-refractivity contribution in [2.45, 2.75) is 30.5 Å². The van der Waals surface area contributed by atoms with Gasteiger partial charge < -0.3 is 9.64 Å². The minimum absolute atomic E-state index is 0.120. The fraction of sp³-hybridized carbons (Fsp3) is 0.533. The van der Waals surface area contributed by atoms with E-state index in [9.17, 15) is 9.59 Å². The SMILES string of the molecule is CCOC(=O)Cc1csc(SCC(=O)N(CCC#N)CCC#N)n1. The van der Waals surface area contributed by atoms with Crippen molar-refractivity contribution >= 4 is 35.0 Å². The number of nitrogens with zero attached hydrogens (tertiary/aromatic N) is 4. The van der Waals surface area contributed by atoms with Crippen LogP contribution in [0.2, 0.25) is 0 Å². The van der Waals surface area contributed by atoms with Crippen LogP contribution in [0.5, 0.6) is 0 Å². The summed E-state index contributed by atoms with van der Waals surface area (Å²) >= 11 is 2.65. The zero-order chi connectivity index (χ0) is 17.8. The first kappa shape index (κ1) is 19.9. The molecule has 0 N–H and O–H groups in total. The predicted molar refractivity (Wildman–Crippen MR) is 90.2 cm³/mol. The van der Waals surface area contributed by atoms with Crippen molar-refractivity contribution in [3.05, 3.63) is 11.1 Å². The van der Waals surface area contributed by atoms with Gasteiger partial charge in [0.1, 0.15) is 0 Å². The van der Waals surface area contributed by atoms with Gasteiger partial charge in [-0.05, 0) is 6.92 Å². The average Bonchev–Trinajstić information content (AvgIpc) is 3.00. The molecule has 0 radical (unpaired) electrons. The van der Waals surface area contributed by atoms with Crippen LogP contribution in [0.3, 0.4) is 0 Å². The summed E-state index contributed by atoms with van der Waals surface area (Å²) in [5.74, 6) is -0.273. The number of rotatable bonds is 10. The largest absolute Gasteiger partial charge is 0.466 e. The highest BCUT2D eigenvalue weighted by Gasteiger charge is 2.15. The Labute approximate surface area is 149 Å². The molecule has 0 aliphatic heterocycles. The molecule has 0 unspecified atom stereocenters. The summed E-state index contributed by atoms with van der Waals surface area (Å²) in [7, 11) is 0. The van der Waals surface area contributed by atoms with Crippen LogP contribution in [0.25, 0.3) is 0 Å². The molecule has 0 saturated carbocycles. The monoisotopic (exact) mass is 366 g/mol. The Morgan fingerprint density at radius 2 is 2.00 bits per heavy atom. The number of carbonyl (C=O) groups excluding carboxylic acids is 2. The van der Waals surface area contributed by atoms with Crippen molar-refractivity contribution in [3.63, 3.8) is 0 Å². The van der Waals surface area contributed by atoms with E-state index in [0.717, 1.165) is 0 Å². The van der Waals surface area contributed by atoms with E-state index in [2.05, 4.69) is 4.98 Å². The van der Waals surface area contributed by atoms with Gasteiger partial charge in [0, 0.05) is 18.5 Å². The smallest absolute Gasteiger partial charge is 0.311 e. The molecular formula is C15H18N4O3S2. The molecule has 1 aromatic heterocycles. The van der Waals surface area contributed by atoms with E-state index in [1.165, 1.54) is 28.0 Å². The van der Waals surface area contributed by atoms with Gasteiger partial charge in [-0.15, -0.1) is 11.3 Å². The van der Waals surface area contributed by atoms with Crippen molar-refractivity contribution in [1.82, 2.24) is 9.88 Å². The average molecular weight is 366 g/mol. The van der Waals surface area contributed by atoms with E-state index < -0.39 is 0 Å². The molecule has 0 bridgehead atoms. The predicted octanol–water partition coefficient (Wildman–Crippen LogP) is 2.00. The van der Waals surface area contributed by atoms with Gasteiger partial charge in [0.05, 0.1) is 49.5 Å². The number of aromatic nitrogens is 1. The molecule has 128 valence electrons. The van der Waals surface area contributed by atoms with E-state index in [4.69, 9.17) is 15.3 Å². The molecule has 0 aliphatic rings. The van der Waals surface area contributed by atoms with Gasteiger partial charge in [0.2, 0.25) is 5.91 Å². The first-order valence-electron chi connectivity index (χ1n) is 7.35. The van der Waals surface area contributed by atoms with Crippen LogP contribution in [0, 0.1) is 22.7 Å². The van der Waals surface area contributed by atoms with Crippen LogP contribution in [0.1, 0.15) is 25.5 Å². The summed E-state index contributed by atoms with van der Waals surface area (Å²) < 4.78 is 5.56. The van der Waals surface area contributed by atoms with Crippen LogP contribution in [0.4, 0.5) is 0 Å². The number of nitriles is 2. The Morgan fingerprint density at radius 3 is 2.58 bits per heavy atom. The van der Waals surface area contributed by atoms with E-state index in [1.54, 1.807) is 12.3 Å². The Kier molecular flexibility index (Phi) is 9.51. The topological polar surface area (TPSA) is 107 Å². The summed E-state index contributed by atoms with van der Waals surface area (Å²) in [4.78, 5) is 29.4. The number of ether oxygens (including phenoxy) is 1. The molecule has 1 rings (SSSR count). The molecule has 9 heteroatoms. The molecule has 1 amide bonds. The summed E-state index contributed by atoms with van der Waals surface area (Å²) in [6.07, 6.45) is 0.598. The van der Waals surface area contributed by atoms with Gasteiger partial charge in [0.25, 0.3) is 0 Å². The van der Waals surface area contributed by atoms with Gasteiger partial charge in [-0.2, -0.15) is 10.5 Å². The van der Waals surface area contributed by atoms with Crippen LogP contribution in [-0.2, 0) is 20.7 Å². The van der Waals surface area contributed by atoms with Crippen LogP contribution >= 0.6 is 23.1 Å². The second kappa shape index (κ2) is 11.4. The summed E-state index contributed by atoms with van der Waals surface area (Å²) in [5, 5.41) is 19.0. The quantitative estimate of drug-likeness (QED) is 0.460. The molecule has 0 aliphatic carbocycles. The van der Waals surface area contributed by atoms with Crippen molar-refractivity contribution in [3.8, 4) is 12.1 Å². The summed E-state index contributed by atoms with van der Waals surface area (Å²) in [6.45, 7) is 2.73. The maximum absolute atomic E-state index is 12.2. The van der Waals surface area contributed by atoms with Gasteiger partial charge in [-0.25, -0.2) is 4.98 Å². The highest BCUT2D eigenvalue weighted by Crippen LogP contribution is 2.23. The first-order chi connectivity index (χ1) is 11.6. The lowest BCUT2D eigenvalue weighted by Crippen LogP contribution is -2.34. The second-order valence-electron chi connectivity index (χ2n) is 4.57. The third-order valence-electron chi connectivity index (χ3n) is 2.82. The van der Waals surface area contributed by atoms with E-state index in [-0.39, 0.29) is 36.9 Å².